The molecule has 1 aliphatic heterocycles. The molecule has 6 nitrogen and oxygen atoms in total. The van der Waals surface area contributed by atoms with E-state index in [0.717, 1.165) is 50.3 Å². The van der Waals surface area contributed by atoms with Gasteiger partial charge in [-0.25, -0.2) is 4.39 Å². The van der Waals surface area contributed by atoms with Crippen LogP contribution >= 0.6 is 0 Å². The van der Waals surface area contributed by atoms with E-state index in [1.165, 1.54) is 12.1 Å². The lowest BCUT2D eigenvalue weighted by Gasteiger charge is -2.34. The zero-order chi connectivity index (χ0) is 19.7. The summed E-state index contributed by atoms with van der Waals surface area (Å²) in [5.41, 5.74) is 2.77. The van der Waals surface area contributed by atoms with Crippen LogP contribution in [0.5, 0.6) is 0 Å². The number of nitro benzene ring substituents is 1. The molecular weight excluding hydrogens is 359 g/mol. The number of rotatable bonds is 6. The summed E-state index contributed by atoms with van der Waals surface area (Å²) in [4.78, 5) is 18.1. The van der Waals surface area contributed by atoms with Crippen molar-refractivity contribution in [3.8, 4) is 0 Å². The number of halogens is 1. The normalized spacial score (nSPS) is 17.6. The Hall–Kier alpha value is -2.67. The lowest BCUT2D eigenvalue weighted by molar-refractivity contribution is -0.384. The molecule has 0 atom stereocenters. The third-order valence-electron chi connectivity index (χ3n) is 5.59. The molecule has 1 saturated carbocycles. The summed E-state index contributed by atoms with van der Waals surface area (Å²) >= 11 is 0. The highest BCUT2D eigenvalue weighted by Crippen LogP contribution is 2.40. The Labute approximate surface area is 164 Å². The van der Waals surface area contributed by atoms with Crippen LogP contribution in [0.25, 0.3) is 0 Å². The predicted molar refractivity (Wildman–Crippen MR) is 108 cm³/mol. The van der Waals surface area contributed by atoms with Crippen molar-refractivity contribution in [2.24, 2.45) is 0 Å². The van der Waals surface area contributed by atoms with Crippen LogP contribution < -0.4 is 9.80 Å². The number of likely N-dealkylation sites (N-methyl/N-ethyl adjacent to an activating group) is 1. The van der Waals surface area contributed by atoms with E-state index in [9.17, 15) is 14.5 Å². The van der Waals surface area contributed by atoms with Gasteiger partial charge in [0.1, 0.15) is 11.5 Å². The van der Waals surface area contributed by atoms with Gasteiger partial charge in [-0.2, -0.15) is 0 Å². The molecule has 148 valence electrons. The van der Waals surface area contributed by atoms with E-state index in [4.69, 9.17) is 0 Å². The first-order valence-corrected chi connectivity index (χ1v) is 9.74. The maximum atomic E-state index is 13.3. The van der Waals surface area contributed by atoms with Crippen molar-refractivity contribution in [3.05, 3.63) is 64.0 Å². The van der Waals surface area contributed by atoms with Crippen LogP contribution in [-0.4, -0.2) is 49.1 Å². The Kier molecular flexibility index (Phi) is 5.17. The minimum absolute atomic E-state index is 0.131. The molecule has 28 heavy (non-hydrogen) atoms. The van der Waals surface area contributed by atoms with Gasteiger partial charge in [-0.15, -0.1) is 0 Å². The largest absolute Gasteiger partial charge is 0.369 e. The zero-order valence-electron chi connectivity index (χ0n) is 16.1. The third-order valence-corrected chi connectivity index (χ3v) is 5.59. The Morgan fingerprint density at radius 2 is 1.79 bits per heavy atom. The smallest absolute Gasteiger partial charge is 0.292 e. The minimum Gasteiger partial charge on any atom is -0.369 e. The molecule has 1 heterocycles. The molecule has 2 fully saturated rings. The Balaban J connectivity index is 1.66. The second kappa shape index (κ2) is 7.75. The number of piperazine rings is 1. The average Bonchev–Trinajstić information content (AvgIpc) is 3.53. The highest BCUT2D eigenvalue weighted by Gasteiger charge is 2.33. The van der Waals surface area contributed by atoms with Crippen molar-refractivity contribution >= 4 is 17.1 Å². The van der Waals surface area contributed by atoms with E-state index in [0.29, 0.717) is 18.3 Å². The second-order valence-corrected chi connectivity index (χ2v) is 7.71. The van der Waals surface area contributed by atoms with Gasteiger partial charge < -0.3 is 14.7 Å². The molecule has 1 saturated heterocycles. The van der Waals surface area contributed by atoms with Crippen LogP contribution in [0, 0.1) is 15.9 Å². The quantitative estimate of drug-likeness (QED) is 0.562. The van der Waals surface area contributed by atoms with Crippen molar-refractivity contribution in [3.63, 3.8) is 0 Å². The van der Waals surface area contributed by atoms with Crippen LogP contribution in [0.3, 0.4) is 0 Å². The summed E-state index contributed by atoms with van der Waals surface area (Å²) in [5.74, 6) is -0.273. The van der Waals surface area contributed by atoms with E-state index in [1.54, 1.807) is 18.2 Å². The number of hydrogen-bond acceptors (Lipinski definition) is 5. The van der Waals surface area contributed by atoms with Crippen LogP contribution in [0.4, 0.5) is 21.5 Å². The van der Waals surface area contributed by atoms with E-state index >= 15 is 0 Å². The first-order chi connectivity index (χ1) is 13.5. The number of benzene rings is 2. The lowest BCUT2D eigenvalue weighted by Crippen LogP contribution is -2.44. The molecule has 4 rings (SSSR count). The summed E-state index contributed by atoms with van der Waals surface area (Å²) in [7, 11) is 2.11. The number of nitrogens with zero attached hydrogens (tertiary/aromatic N) is 4. The van der Waals surface area contributed by atoms with Crippen molar-refractivity contribution in [2.75, 3.05) is 43.0 Å². The van der Waals surface area contributed by atoms with Gasteiger partial charge >= 0.3 is 0 Å². The van der Waals surface area contributed by atoms with E-state index in [1.807, 2.05) is 12.1 Å². The third kappa shape index (κ3) is 4.09. The lowest BCUT2D eigenvalue weighted by atomic mass is 10.1. The van der Waals surface area contributed by atoms with E-state index in [-0.39, 0.29) is 16.4 Å². The summed E-state index contributed by atoms with van der Waals surface area (Å²) in [5, 5.41) is 11.7. The van der Waals surface area contributed by atoms with Crippen molar-refractivity contribution < 1.29 is 9.31 Å². The van der Waals surface area contributed by atoms with Gasteiger partial charge in [0.15, 0.2) is 0 Å². The Morgan fingerprint density at radius 1 is 1.11 bits per heavy atom. The summed E-state index contributed by atoms with van der Waals surface area (Å²) in [6.45, 7) is 4.32. The van der Waals surface area contributed by atoms with Crippen molar-refractivity contribution in [1.29, 1.82) is 0 Å². The zero-order valence-corrected chi connectivity index (χ0v) is 16.1. The van der Waals surface area contributed by atoms with Crippen LogP contribution in [0.2, 0.25) is 0 Å². The van der Waals surface area contributed by atoms with Gasteiger partial charge in [-0.3, -0.25) is 10.1 Å². The van der Waals surface area contributed by atoms with Crippen LogP contribution in [-0.2, 0) is 6.54 Å². The van der Waals surface area contributed by atoms with Gasteiger partial charge in [0.25, 0.3) is 5.69 Å². The van der Waals surface area contributed by atoms with Gasteiger partial charge in [0.05, 0.1) is 4.92 Å². The summed E-state index contributed by atoms with van der Waals surface area (Å²) < 4.78 is 13.3. The molecule has 7 heteroatoms. The molecule has 2 aromatic carbocycles. The minimum atomic E-state index is -0.302. The summed E-state index contributed by atoms with van der Waals surface area (Å²) in [6, 6.07) is 12.1. The topological polar surface area (TPSA) is 52.9 Å². The maximum Gasteiger partial charge on any atom is 0.292 e. The SMILES string of the molecule is CN1CCN(c2ccc([N+](=O)[O-])c(N(Cc3ccc(F)cc3)C3CC3)c2)CC1. The number of anilines is 2. The average molecular weight is 384 g/mol. The van der Waals surface area contributed by atoms with Crippen molar-refractivity contribution in [2.45, 2.75) is 25.4 Å². The van der Waals surface area contributed by atoms with Gasteiger partial charge in [0, 0.05) is 50.5 Å². The molecule has 0 spiro atoms. The highest BCUT2D eigenvalue weighted by molar-refractivity contribution is 5.71. The first kappa shape index (κ1) is 18.7. The molecule has 0 radical (unpaired) electrons. The number of nitro groups is 1. The molecule has 2 aliphatic rings. The van der Waals surface area contributed by atoms with Crippen LogP contribution in [0.1, 0.15) is 18.4 Å². The Bertz CT molecular complexity index is 846. The number of hydrogen-bond donors (Lipinski definition) is 0. The van der Waals surface area contributed by atoms with Gasteiger partial charge in [-0.1, -0.05) is 12.1 Å². The molecular formula is C21H25FN4O2. The van der Waals surface area contributed by atoms with E-state index in [2.05, 4.69) is 21.7 Å². The molecule has 0 N–H and O–H groups in total. The predicted octanol–water partition coefficient (Wildman–Crippen LogP) is 3.65. The second-order valence-electron chi connectivity index (χ2n) is 7.71. The molecule has 1 aliphatic carbocycles. The highest BCUT2D eigenvalue weighted by atomic mass is 19.1. The molecule has 2 aromatic rings. The molecule has 0 amide bonds. The first-order valence-electron chi connectivity index (χ1n) is 9.74. The van der Waals surface area contributed by atoms with Gasteiger partial charge in [-0.05, 0) is 49.7 Å². The molecule has 0 unspecified atom stereocenters. The standard InChI is InChI=1S/C21H25FN4O2/c1-23-10-12-24(13-11-23)19-8-9-20(26(27)28)21(14-19)25(18-6-7-18)15-16-2-4-17(22)5-3-16/h2-5,8-9,14,18H,6-7,10-13,15H2,1H3. The summed E-state index contributed by atoms with van der Waals surface area (Å²) in [6.07, 6.45) is 2.05. The fraction of sp³-hybridized carbons (Fsp3) is 0.429. The van der Waals surface area contributed by atoms with Gasteiger partial charge in [0.2, 0.25) is 0 Å². The van der Waals surface area contributed by atoms with Crippen molar-refractivity contribution in [1.82, 2.24) is 4.90 Å². The fourth-order valence-corrected chi connectivity index (χ4v) is 3.74. The van der Waals surface area contributed by atoms with E-state index < -0.39 is 0 Å². The monoisotopic (exact) mass is 384 g/mol. The molecule has 0 aromatic heterocycles. The Morgan fingerprint density at radius 3 is 2.39 bits per heavy atom. The van der Waals surface area contributed by atoms with Crippen LogP contribution in [0.15, 0.2) is 42.5 Å². The molecule has 0 bridgehead atoms. The fourth-order valence-electron chi connectivity index (χ4n) is 3.74. The maximum absolute atomic E-state index is 13.3.